The van der Waals surface area contributed by atoms with Gasteiger partial charge in [-0.25, -0.2) is 4.40 Å². The molecule has 0 unspecified atom stereocenters. The van der Waals surface area contributed by atoms with E-state index in [1.165, 1.54) is 16.9 Å². The van der Waals surface area contributed by atoms with Crippen LogP contribution in [0.1, 0.15) is 11.1 Å². The van der Waals surface area contributed by atoms with Gasteiger partial charge in [0.05, 0.1) is 4.53 Å². The molecule has 0 saturated carbocycles. The zero-order valence-electron chi connectivity index (χ0n) is 12.4. The van der Waals surface area contributed by atoms with Crippen molar-refractivity contribution in [3.05, 3.63) is 80.6 Å². The van der Waals surface area contributed by atoms with Crippen LogP contribution in [0, 0.1) is 6.92 Å². The van der Waals surface area contributed by atoms with Crippen LogP contribution in [0.4, 0.5) is 0 Å². The summed E-state index contributed by atoms with van der Waals surface area (Å²) in [7, 11) is 0. The molecule has 0 aliphatic heterocycles. The molecule has 4 nitrogen and oxygen atoms in total. The Balaban J connectivity index is 1.92. The van der Waals surface area contributed by atoms with Gasteiger partial charge >= 0.3 is 0 Å². The van der Waals surface area contributed by atoms with E-state index in [-0.39, 0.29) is 5.56 Å². The van der Waals surface area contributed by atoms with E-state index in [0.717, 1.165) is 11.1 Å². The molecule has 0 bridgehead atoms. The Morgan fingerprint density at radius 2 is 1.74 bits per heavy atom. The minimum atomic E-state index is -0.0746. The Morgan fingerprint density at radius 3 is 2.48 bits per heavy atom. The third-order valence-electron chi connectivity index (χ3n) is 3.66. The molecule has 23 heavy (non-hydrogen) atoms. The molecule has 0 aliphatic rings. The van der Waals surface area contributed by atoms with E-state index < -0.39 is 0 Å². The SMILES string of the molecule is Cc1ccc(-c2nnc3s/c(=C/c4ccccc4)c(=O)n23)cc1. The summed E-state index contributed by atoms with van der Waals surface area (Å²) in [5.41, 5.74) is 2.98. The Kier molecular flexibility index (Phi) is 3.28. The first-order valence-electron chi connectivity index (χ1n) is 7.24. The number of hydrogen-bond acceptors (Lipinski definition) is 4. The van der Waals surface area contributed by atoms with Crippen LogP contribution in [-0.4, -0.2) is 14.6 Å². The number of aromatic nitrogens is 3. The minimum absolute atomic E-state index is 0.0746. The highest BCUT2D eigenvalue weighted by molar-refractivity contribution is 7.15. The van der Waals surface area contributed by atoms with E-state index in [4.69, 9.17) is 0 Å². The van der Waals surface area contributed by atoms with Gasteiger partial charge in [0, 0.05) is 5.56 Å². The molecule has 4 rings (SSSR count). The van der Waals surface area contributed by atoms with Gasteiger partial charge in [-0.1, -0.05) is 71.5 Å². The Morgan fingerprint density at radius 1 is 1.00 bits per heavy atom. The summed E-state index contributed by atoms with van der Waals surface area (Å²) in [6.45, 7) is 2.03. The maximum Gasteiger partial charge on any atom is 0.276 e. The summed E-state index contributed by atoms with van der Waals surface area (Å²) in [5.74, 6) is 0.592. The number of benzene rings is 2. The molecule has 2 aromatic carbocycles. The lowest BCUT2D eigenvalue weighted by molar-refractivity contribution is 1.09. The lowest BCUT2D eigenvalue weighted by Gasteiger charge is -1.97. The quantitative estimate of drug-likeness (QED) is 0.571. The Bertz CT molecular complexity index is 1080. The summed E-state index contributed by atoms with van der Waals surface area (Å²) in [6.07, 6.45) is 1.89. The third-order valence-corrected chi connectivity index (χ3v) is 4.61. The molecule has 2 aromatic heterocycles. The number of rotatable bonds is 2. The molecular weight excluding hydrogens is 306 g/mol. The van der Waals surface area contributed by atoms with Gasteiger partial charge in [0.1, 0.15) is 0 Å². The monoisotopic (exact) mass is 319 g/mol. The molecular formula is C18H13N3OS. The van der Waals surface area contributed by atoms with Gasteiger partial charge in [-0.15, -0.1) is 10.2 Å². The van der Waals surface area contributed by atoms with Crippen LogP contribution in [0.25, 0.3) is 22.4 Å². The van der Waals surface area contributed by atoms with Crippen molar-refractivity contribution in [2.75, 3.05) is 0 Å². The lowest BCUT2D eigenvalue weighted by atomic mass is 10.1. The largest absolute Gasteiger partial charge is 0.276 e. The van der Waals surface area contributed by atoms with Gasteiger partial charge in [-0.2, -0.15) is 0 Å². The van der Waals surface area contributed by atoms with E-state index in [0.29, 0.717) is 15.3 Å². The van der Waals surface area contributed by atoms with Gasteiger partial charge < -0.3 is 0 Å². The van der Waals surface area contributed by atoms with Crippen LogP contribution < -0.4 is 10.1 Å². The molecule has 0 N–H and O–H groups in total. The van der Waals surface area contributed by atoms with Crippen LogP contribution in [0.3, 0.4) is 0 Å². The predicted molar refractivity (Wildman–Crippen MR) is 92.5 cm³/mol. The van der Waals surface area contributed by atoms with Gasteiger partial charge in [-0.3, -0.25) is 4.79 Å². The first kappa shape index (κ1) is 13.8. The molecule has 0 fully saturated rings. The van der Waals surface area contributed by atoms with Crippen molar-refractivity contribution in [2.24, 2.45) is 0 Å². The zero-order valence-corrected chi connectivity index (χ0v) is 13.2. The van der Waals surface area contributed by atoms with Gasteiger partial charge in [0.15, 0.2) is 5.82 Å². The molecule has 0 spiro atoms. The second-order valence-corrected chi connectivity index (χ2v) is 6.34. The van der Waals surface area contributed by atoms with E-state index in [2.05, 4.69) is 10.2 Å². The molecule has 2 heterocycles. The highest BCUT2D eigenvalue weighted by Gasteiger charge is 2.13. The Hall–Kier alpha value is -2.79. The number of fused-ring (bicyclic) bond motifs is 1. The fourth-order valence-corrected chi connectivity index (χ4v) is 3.37. The van der Waals surface area contributed by atoms with Gasteiger partial charge in [-0.05, 0) is 18.6 Å². The average Bonchev–Trinajstić information content (AvgIpc) is 3.11. The smallest absolute Gasteiger partial charge is 0.267 e. The van der Waals surface area contributed by atoms with E-state index in [9.17, 15) is 4.79 Å². The number of nitrogens with zero attached hydrogens (tertiary/aromatic N) is 3. The summed E-state index contributed by atoms with van der Waals surface area (Å²) in [5, 5.41) is 8.33. The topological polar surface area (TPSA) is 47.3 Å². The van der Waals surface area contributed by atoms with Crippen LogP contribution in [-0.2, 0) is 0 Å². The molecule has 0 aliphatic carbocycles. The van der Waals surface area contributed by atoms with Crippen molar-refractivity contribution >= 4 is 22.4 Å². The second-order valence-electron chi connectivity index (χ2n) is 5.33. The van der Waals surface area contributed by atoms with E-state index in [1.54, 1.807) is 4.40 Å². The average molecular weight is 319 g/mol. The number of hydrogen-bond donors (Lipinski definition) is 0. The standard InChI is InChI=1S/C18H13N3OS/c1-12-7-9-14(10-8-12)16-19-20-18-21(16)17(22)15(23-18)11-13-5-3-2-4-6-13/h2-11H,1H3/b15-11+. The highest BCUT2D eigenvalue weighted by atomic mass is 32.1. The molecule has 0 atom stereocenters. The van der Waals surface area contributed by atoms with Crippen LogP contribution in [0.5, 0.6) is 0 Å². The number of aryl methyl sites for hydroxylation is 1. The summed E-state index contributed by atoms with van der Waals surface area (Å²) < 4.78 is 2.25. The highest BCUT2D eigenvalue weighted by Crippen LogP contribution is 2.18. The molecule has 0 radical (unpaired) electrons. The van der Waals surface area contributed by atoms with Crippen molar-refractivity contribution in [3.63, 3.8) is 0 Å². The van der Waals surface area contributed by atoms with Crippen LogP contribution >= 0.6 is 11.3 Å². The van der Waals surface area contributed by atoms with Crippen LogP contribution in [0.15, 0.2) is 59.4 Å². The van der Waals surface area contributed by atoms with Gasteiger partial charge in [0.25, 0.3) is 5.56 Å². The predicted octanol–water partition coefficient (Wildman–Crippen LogP) is 2.67. The first-order chi connectivity index (χ1) is 11.2. The third kappa shape index (κ3) is 2.45. The maximum atomic E-state index is 12.7. The van der Waals surface area contributed by atoms with Gasteiger partial charge in [0.2, 0.25) is 4.96 Å². The fraction of sp³-hybridized carbons (Fsp3) is 0.0556. The van der Waals surface area contributed by atoms with Crippen molar-refractivity contribution in [2.45, 2.75) is 6.92 Å². The van der Waals surface area contributed by atoms with E-state index in [1.807, 2.05) is 67.6 Å². The molecule has 0 saturated heterocycles. The maximum absolute atomic E-state index is 12.7. The van der Waals surface area contributed by atoms with Crippen molar-refractivity contribution in [3.8, 4) is 11.4 Å². The van der Waals surface area contributed by atoms with Crippen molar-refractivity contribution in [1.82, 2.24) is 14.6 Å². The fourth-order valence-electron chi connectivity index (χ4n) is 2.45. The summed E-state index contributed by atoms with van der Waals surface area (Å²) in [6, 6.07) is 17.7. The summed E-state index contributed by atoms with van der Waals surface area (Å²) >= 11 is 1.36. The minimum Gasteiger partial charge on any atom is -0.267 e. The van der Waals surface area contributed by atoms with Crippen molar-refractivity contribution < 1.29 is 0 Å². The zero-order chi connectivity index (χ0) is 15.8. The lowest BCUT2D eigenvalue weighted by Crippen LogP contribution is -2.23. The summed E-state index contributed by atoms with van der Waals surface area (Å²) in [4.78, 5) is 13.3. The molecule has 112 valence electrons. The van der Waals surface area contributed by atoms with E-state index >= 15 is 0 Å². The molecule has 4 aromatic rings. The number of thiazole rings is 1. The first-order valence-corrected chi connectivity index (χ1v) is 8.06. The second kappa shape index (κ2) is 5.44. The van der Waals surface area contributed by atoms with Crippen LogP contribution in [0.2, 0.25) is 0 Å². The molecule has 5 heteroatoms. The Labute approximate surface area is 136 Å². The molecule has 0 amide bonds. The van der Waals surface area contributed by atoms with Crippen molar-refractivity contribution in [1.29, 1.82) is 0 Å². The normalized spacial score (nSPS) is 12.1.